The molecule has 9 heteroatoms. The molecule has 1 fully saturated rings. The number of amides is 2. The van der Waals surface area contributed by atoms with Crippen molar-refractivity contribution in [2.45, 2.75) is 64.8 Å². The molecule has 2 atom stereocenters. The average molecular weight is 434 g/mol. The summed E-state index contributed by atoms with van der Waals surface area (Å²) in [6.45, 7) is 6.44. The highest BCUT2D eigenvalue weighted by atomic mass is 16.6. The van der Waals surface area contributed by atoms with Crippen molar-refractivity contribution in [2.24, 2.45) is 0 Å². The van der Waals surface area contributed by atoms with Crippen LogP contribution in [0.4, 0.5) is 4.79 Å². The fourth-order valence-corrected chi connectivity index (χ4v) is 3.13. The SMILES string of the molecule is CC(=O)OCC(NC(=O)OCc1ccccc1)C(=O)N1CCC[C@H]1C(=O)OC(C)(C)C. The van der Waals surface area contributed by atoms with Crippen LogP contribution >= 0.6 is 0 Å². The number of hydrogen-bond acceptors (Lipinski definition) is 7. The van der Waals surface area contributed by atoms with E-state index in [1.165, 1.54) is 11.8 Å². The molecule has 1 heterocycles. The average Bonchev–Trinajstić information content (AvgIpc) is 3.18. The Morgan fingerprint density at radius 2 is 1.81 bits per heavy atom. The maximum absolute atomic E-state index is 13.1. The first-order valence-electron chi connectivity index (χ1n) is 10.2. The molecule has 1 aromatic carbocycles. The maximum Gasteiger partial charge on any atom is 0.408 e. The van der Waals surface area contributed by atoms with E-state index < -0.39 is 41.6 Å². The quantitative estimate of drug-likeness (QED) is 0.517. The van der Waals surface area contributed by atoms with Crippen molar-refractivity contribution in [1.29, 1.82) is 0 Å². The lowest BCUT2D eigenvalue weighted by atomic mass is 10.1. The minimum atomic E-state index is -1.18. The van der Waals surface area contributed by atoms with Gasteiger partial charge in [0.25, 0.3) is 0 Å². The van der Waals surface area contributed by atoms with Crippen LogP contribution in [-0.4, -0.2) is 59.7 Å². The van der Waals surface area contributed by atoms with Gasteiger partial charge in [-0.3, -0.25) is 9.59 Å². The Kier molecular flexibility index (Phi) is 8.41. The molecular formula is C22H30N2O7. The lowest BCUT2D eigenvalue weighted by Crippen LogP contribution is -2.54. The second-order valence-corrected chi connectivity index (χ2v) is 8.28. The molecule has 9 nitrogen and oxygen atoms in total. The van der Waals surface area contributed by atoms with Crippen molar-refractivity contribution in [3.8, 4) is 0 Å². The number of alkyl carbamates (subject to hydrolysis) is 1. The molecular weight excluding hydrogens is 404 g/mol. The van der Waals surface area contributed by atoms with Gasteiger partial charge in [0.2, 0.25) is 5.91 Å². The molecule has 2 amide bonds. The highest BCUT2D eigenvalue weighted by Gasteiger charge is 2.40. The topological polar surface area (TPSA) is 111 Å². The van der Waals surface area contributed by atoms with Gasteiger partial charge < -0.3 is 24.4 Å². The molecule has 1 aliphatic rings. The van der Waals surface area contributed by atoms with Crippen LogP contribution in [0.2, 0.25) is 0 Å². The van der Waals surface area contributed by atoms with E-state index in [1.807, 2.05) is 18.2 Å². The number of nitrogens with zero attached hydrogens (tertiary/aromatic N) is 1. The molecule has 2 rings (SSSR count). The van der Waals surface area contributed by atoms with Gasteiger partial charge in [-0.05, 0) is 39.2 Å². The number of hydrogen-bond donors (Lipinski definition) is 1. The van der Waals surface area contributed by atoms with Gasteiger partial charge in [-0.25, -0.2) is 9.59 Å². The first-order chi connectivity index (χ1) is 14.6. The zero-order valence-corrected chi connectivity index (χ0v) is 18.4. The summed E-state index contributed by atoms with van der Waals surface area (Å²) in [6, 6.07) is 7.12. The van der Waals surface area contributed by atoms with Crippen LogP contribution in [-0.2, 0) is 35.2 Å². The number of rotatable bonds is 7. The van der Waals surface area contributed by atoms with Gasteiger partial charge in [-0.2, -0.15) is 0 Å². The predicted octanol–water partition coefficient (Wildman–Crippen LogP) is 2.18. The van der Waals surface area contributed by atoms with Crippen LogP contribution < -0.4 is 5.32 Å². The lowest BCUT2D eigenvalue weighted by molar-refractivity contribution is -0.164. The Morgan fingerprint density at radius 1 is 1.13 bits per heavy atom. The largest absolute Gasteiger partial charge is 0.463 e. The Hall–Kier alpha value is -3.10. The number of benzene rings is 1. The molecule has 1 aliphatic heterocycles. The van der Waals surface area contributed by atoms with Crippen LogP contribution in [0.25, 0.3) is 0 Å². The first-order valence-corrected chi connectivity index (χ1v) is 10.2. The molecule has 170 valence electrons. The van der Waals surface area contributed by atoms with Gasteiger partial charge in [0, 0.05) is 13.5 Å². The van der Waals surface area contributed by atoms with E-state index in [2.05, 4.69) is 5.32 Å². The monoisotopic (exact) mass is 434 g/mol. The summed E-state index contributed by atoms with van der Waals surface area (Å²) in [7, 11) is 0. The van der Waals surface area contributed by atoms with Crippen molar-refractivity contribution in [3.63, 3.8) is 0 Å². The Morgan fingerprint density at radius 3 is 2.42 bits per heavy atom. The molecule has 1 unspecified atom stereocenters. The van der Waals surface area contributed by atoms with E-state index in [0.717, 1.165) is 5.56 Å². The normalized spacial score (nSPS) is 16.9. The summed E-state index contributed by atoms with van der Waals surface area (Å²) in [5.41, 5.74) is 0.0930. The third kappa shape index (κ3) is 7.92. The highest BCUT2D eigenvalue weighted by molar-refractivity contribution is 5.90. The summed E-state index contributed by atoms with van der Waals surface area (Å²) in [5, 5.41) is 2.45. The second kappa shape index (κ2) is 10.8. The van der Waals surface area contributed by atoms with Crippen LogP contribution in [0.15, 0.2) is 30.3 Å². The van der Waals surface area contributed by atoms with Gasteiger partial charge >= 0.3 is 18.0 Å². The third-order valence-corrected chi connectivity index (χ3v) is 4.47. The van der Waals surface area contributed by atoms with Crippen LogP contribution in [0, 0.1) is 0 Å². The third-order valence-electron chi connectivity index (χ3n) is 4.47. The fraction of sp³-hybridized carbons (Fsp3) is 0.545. The van der Waals surface area contributed by atoms with Crippen LogP contribution in [0.5, 0.6) is 0 Å². The van der Waals surface area contributed by atoms with E-state index in [9.17, 15) is 19.2 Å². The number of nitrogens with one attached hydrogen (secondary N) is 1. The molecule has 0 saturated carbocycles. The van der Waals surface area contributed by atoms with E-state index in [0.29, 0.717) is 19.4 Å². The van der Waals surface area contributed by atoms with Crippen molar-refractivity contribution in [1.82, 2.24) is 10.2 Å². The van der Waals surface area contributed by atoms with E-state index >= 15 is 0 Å². The number of carbonyl (C=O) groups is 4. The zero-order valence-electron chi connectivity index (χ0n) is 18.4. The number of carbonyl (C=O) groups excluding carboxylic acids is 4. The van der Waals surface area contributed by atoms with Gasteiger partial charge in [0.15, 0.2) is 0 Å². The van der Waals surface area contributed by atoms with Gasteiger partial charge in [-0.1, -0.05) is 30.3 Å². The summed E-state index contributed by atoms with van der Waals surface area (Å²) in [6.07, 6.45) is 0.246. The number of ether oxygens (including phenoxy) is 3. The Balaban J connectivity index is 2.04. The van der Waals surface area contributed by atoms with Crippen LogP contribution in [0.1, 0.15) is 46.1 Å². The summed E-state index contributed by atoms with van der Waals surface area (Å²) >= 11 is 0. The van der Waals surface area contributed by atoms with Crippen molar-refractivity contribution in [3.05, 3.63) is 35.9 Å². The smallest absolute Gasteiger partial charge is 0.408 e. The summed E-state index contributed by atoms with van der Waals surface area (Å²) in [4.78, 5) is 50.5. The second-order valence-electron chi connectivity index (χ2n) is 8.28. The highest BCUT2D eigenvalue weighted by Crippen LogP contribution is 2.22. The van der Waals surface area contributed by atoms with E-state index in [1.54, 1.807) is 32.9 Å². The van der Waals surface area contributed by atoms with E-state index in [4.69, 9.17) is 14.2 Å². The fourth-order valence-electron chi connectivity index (χ4n) is 3.13. The molecule has 1 aromatic rings. The summed E-state index contributed by atoms with van der Waals surface area (Å²) < 4.78 is 15.5. The Bertz CT molecular complexity index is 789. The first kappa shape index (κ1) is 24.2. The van der Waals surface area contributed by atoms with Crippen molar-refractivity contribution in [2.75, 3.05) is 13.2 Å². The minimum Gasteiger partial charge on any atom is -0.463 e. The molecule has 1 N–H and O–H groups in total. The van der Waals surface area contributed by atoms with Crippen molar-refractivity contribution >= 4 is 23.9 Å². The molecule has 0 radical (unpaired) electrons. The number of esters is 2. The maximum atomic E-state index is 13.1. The molecule has 0 bridgehead atoms. The molecule has 1 saturated heterocycles. The predicted molar refractivity (Wildman–Crippen MR) is 111 cm³/mol. The van der Waals surface area contributed by atoms with Gasteiger partial charge in [0.1, 0.15) is 30.9 Å². The lowest BCUT2D eigenvalue weighted by Gasteiger charge is -2.30. The molecule has 0 aromatic heterocycles. The molecule has 0 aliphatic carbocycles. The molecule has 31 heavy (non-hydrogen) atoms. The zero-order chi connectivity index (χ0) is 23.0. The standard InChI is InChI=1S/C22H30N2O7/c1-15(25)29-14-17(23-21(28)30-13-16-9-6-5-7-10-16)19(26)24-12-8-11-18(24)20(27)31-22(2,3)4/h5-7,9-10,17-18H,8,11-14H2,1-4H3,(H,23,28)/t17?,18-/m0/s1. The number of likely N-dealkylation sites (tertiary alicyclic amines) is 1. The minimum absolute atomic E-state index is 0.0192. The summed E-state index contributed by atoms with van der Waals surface area (Å²) in [5.74, 6) is -1.63. The Labute approximate surface area is 182 Å². The van der Waals surface area contributed by atoms with Crippen molar-refractivity contribution < 1.29 is 33.4 Å². The molecule has 0 spiro atoms. The van der Waals surface area contributed by atoms with Gasteiger partial charge in [-0.15, -0.1) is 0 Å². The van der Waals surface area contributed by atoms with Crippen LogP contribution in [0.3, 0.4) is 0 Å². The van der Waals surface area contributed by atoms with Gasteiger partial charge in [0.05, 0.1) is 0 Å². The van der Waals surface area contributed by atoms with E-state index in [-0.39, 0.29) is 13.2 Å².